The van der Waals surface area contributed by atoms with Crippen LogP contribution in [0.1, 0.15) is 46.0 Å². The van der Waals surface area contributed by atoms with Crippen LogP contribution in [-0.2, 0) is 9.59 Å². The Morgan fingerprint density at radius 1 is 1.25 bits per heavy atom. The standard InChI is InChI=1S/C20H26O4/c1-19-8-7-12(21)9-11(19)3-4-13-14-5-6-15(18(23)24)20(14,2)10-16(22)17(13)19/h7-9,13-17,22H,3-6,10H2,1-2H3,(H,23,24)/t13-,14?,15+,16-,17+,19-,20-/m0/s1. The molecule has 130 valence electrons. The highest BCUT2D eigenvalue weighted by Crippen LogP contribution is 2.65. The van der Waals surface area contributed by atoms with Crippen molar-refractivity contribution >= 4 is 11.8 Å². The fourth-order valence-electron chi connectivity index (χ4n) is 6.73. The second-order valence-electron chi connectivity index (χ2n) is 8.77. The monoisotopic (exact) mass is 330 g/mol. The largest absolute Gasteiger partial charge is 0.481 e. The fourth-order valence-corrected chi connectivity index (χ4v) is 6.73. The Labute approximate surface area is 142 Å². The number of hydrogen-bond acceptors (Lipinski definition) is 3. The lowest BCUT2D eigenvalue weighted by Crippen LogP contribution is -2.56. The molecule has 4 aliphatic carbocycles. The lowest BCUT2D eigenvalue weighted by Gasteiger charge is -2.58. The molecule has 2 N–H and O–H groups in total. The van der Waals surface area contributed by atoms with Crippen LogP contribution in [0.15, 0.2) is 23.8 Å². The van der Waals surface area contributed by atoms with E-state index in [0.717, 1.165) is 31.3 Å². The molecule has 4 nitrogen and oxygen atoms in total. The molecule has 4 heteroatoms. The van der Waals surface area contributed by atoms with Crippen LogP contribution >= 0.6 is 0 Å². The number of aliphatic carboxylic acids is 1. The van der Waals surface area contributed by atoms with Crippen LogP contribution < -0.4 is 0 Å². The van der Waals surface area contributed by atoms with Crippen LogP contribution in [0.5, 0.6) is 0 Å². The summed E-state index contributed by atoms with van der Waals surface area (Å²) in [4.78, 5) is 23.5. The molecular formula is C20H26O4. The van der Waals surface area contributed by atoms with Gasteiger partial charge in [-0.3, -0.25) is 9.59 Å². The van der Waals surface area contributed by atoms with E-state index in [2.05, 4.69) is 13.8 Å². The molecule has 0 saturated heterocycles. The number of carbonyl (C=O) groups excluding carboxylic acids is 1. The van der Waals surface area contributed by atoms with Crippen molar-refractivity contribution in [3.05, 3.63) is 23.8 Å². The van der Waals surface area contributed by atoms with Crippen molar-refractivity contribution in [1.29, 1.82) is 0 Å². The summed E-state index contributed by atoms with van der Waals surface area (Å²) in [5.41, 5.74) is 0.573. The molecule has 3 saturated carbocycles. The number of carbonyl (C=O) groups is 2. The molecule has 0 aromatic rings. The number of carboxylic acids is 1. The van der Waals surface area contributed by atoms with Gasteiger partial charge in [-0.05, 0) is 61.5 Å². The number of aliphatic hydroxyl groups excluding tert-OH is 1. The predicted molar refractivity (Wildman–Crippen MR) is 89.1 cm³/mol. The van der Waals surface area contributed by atoms with Gasteiger partial charge in [-0.15, -0.1) is 0 Å². The van der Waals surface area contributed by atoms with Gasteiger partial charge in [0.2, 0.25) is 0 Å². The van der Waals surface area contributed by atoms with E-state index in [4.69, 9.17) is 0 Å². The van der Waals surface area contributed by atoms with Crippen molar-refractivity contribution in [2.75, 3.05) is 0 Å². The molecule has 4 aliphatic rings. The normalized spacial score (nSPS) is 49.9. The fraction of sp³-hybridized carbons (Fsp3) is 0.700. The van der Waals surface area contributed by atoms with Gasteiger partial charge < -0.3 is 10.2 Å². The highest BCUT2D eigenvalue weighted by molar-refractivity contribution is 6.01. The maximum atomic E-state index is 11.8. The summed E-state index contributed by atoms with van der Waals surface area (Å²) in [7, 11) is 0. The quantitative estimate of drug-likeness (QED) is 0.775. The third-order valence-corrected chi connectivity index (χ3v) is 7.79. The number of rotatable bonds is 1. The molecule has 0 spiro atoms. The summed E-state index contributed by atoms with van der Waals surface area (Å²) in [6, 6.07) is 0. The van der Waals surface area contributed by atoms with Gasteiger partial charge in [0, 0.05) is 11.3 Å². The van der Waals surface area contributed by atoms with E-state index < -0.39 is 12.1 Å². The first-order valence-electron chi connectivity index (χ1n) is 9.12. The SMILES string of the molecule is C[C@]12C=CC(=O)C=C1CC[C@H]1C3CC[C@H](C(=O)O)[C@@]3(C)C[C@H](O)[C@@H]12. The number of carboxylic acid groups (broad SMARTS) is 1. The lowest BCUT2D eigenvalue weighted by molar-refractivity contribution is -0.155. The minimum absolute atomic E-state index is 0.0443. The van der Waals surface area contributed by atoms with Crippen molar-refractivity contribution in [1.82, 2.24) is 0 Å². The van der Waals surface area contributed by atoms with Gasteiger partial charge >= 0.3 is 5.97 Å². The van der Waals surface area contributed by atoms with E-state index in [-0.39, 0.29) is 28.4 Å². The Kier molecular flexibility index (Phi) is 3.38. The summed E-state index contributed by atoms with van der Waals surface area (Å²) in [5.74, 6) is -0.224. The van der Waals surface area contributed by atoms with Gasteiger partial charge in [0.25, 0.3) is 0 Å². The molecule has 1 unspecified atom stereocenters. The molecule has 0 amide bonds. The molecule has 0 aromatic heterocycles. The van der Waals surface area contributed by atoms with Crippen molar-refractivity contribution < 1.29 is 19.8 Å². The molecule has 0 aromatic carbocycles. The van der Waals surface area contributed by atoms with Gasteiger partial charge in [-0.2, -0.15) is 0 Å². The maximum Gasteiger partial charge on any atom is 0.307 e. The Bertz CT molecular complexity index is 663. The van der Waals surface area contributed by atoms with Crippen LogP contribution in [-0.4, -0.2) is 28.1 Å². The highest BCUT2D eigenvalue weighted by atomic mass is 16.4. The summed E-state index contributed by atoms with van der Waals surface area (Å²) in [6.45, 7) is 4.23. The van der Waals surface area contributed by atoms with Crippen LogP contribution in [0.3, 0.4) is 0 Å². The third kappa shape index (κ3) is 1.95. The lowest BCUT2D eigenvalue weighted by atomic mass is 9.47. The molecule has 3 fully saturated rings. The number of aliphatic hydroxyl groups is 1. The Hall–Kier alpha value is -1.42. The molecular weight excluding hydrogens is 304 g/mol. The molecule has 0 heterocycles. The van der Waals surface area contributed by atoms with Gasteiger partial charge in [0.15, 0.2) is 5.78 Å². The molecule has 0 bridgehead atoms. The molecule has 7 atom stereocenters. The molecule has 24 heavy (non-hydrogen) atoms. The zero-order chi connectivity index (χ0) is 17.3. The van der Waals surface area contributed by atoms with Gasteiger partial charge in [0.05, 0.1) is 12.0 Å². The number of allylic oxidation sites excluding steroid dienone is 4. The van der Waals surface area contributed by atoms with Crippen LogP contribution in [0.2, 0.25) is 0 Å². The average molecular weight is 330 g/mol. The van der Waals surface area contributed by atoms with E-state index in [1.54, 1.807) is 12.2 Å². The minimum atomic E-state index is -0.712. The number of fused-ring (bicyclic) bond motifs is 5. The second-order valence-corrected chi connectivity index (χ2v) is 8.77. The van der Waals surface area contributed by atoms with Crippen LogP contribution in [0.4, 0.5) is 0 Å². The van der Waals surface area contributed by atoms with E-state index >= 15 is 0 Å². The molecule has 0 aliphatic heterocycles. The second kappa shape index (κ2) is 5.04. The van der Waals surface area contributed by atoms with E-state index in [1.807, 2.05) is 6.08 Å². The zero-order valence-corrected chi connectivity index (χ0v) is 14.4. The van der Waals surface area contributed by atoms with Crippen molar-refractivity contribution in [3.63, 3.8) is 0 Å². The van der Waals surface area contributed by atoms with Gasteiger partial charge in [-0.25, -0.2) is 0 Å². The summed E-state index contributed by atoms with van der Waals surface area (Å²) < 4.78 is 0. The maximum absolute atomic E-state index is 11.8. The summed E-state index contributed by atoms with van der Waals surface area (Å²) in [6.07, 6.45) is 8.94. The summed E-state index contributed by atoms with van der Waals surface area (Å²) in [5, 5.41) is 20.7. The van der Waals surface area contributed by atoms with Gasteiger partial charge in [0.1, 0.15) is 0 Å². The Morgan fingerprint density at radius 3 is 2.71 bits per heavy atom. The first-order chi connectivity index (χ1) is 11.3. The third-order valence-electron chi connectivity index (χ3n) is 7.79. The molecule has 0 radical (unpaired) electrons. The van der Waals surface area contributed by atoms with Crippen LogP contribution in [0.25, 0.3) is 0 Å². The van der Waals surface area contributed by atoms with Crippen molar-refractivity contribution in [2.45, 2.75) is 52.1 Å². The average Bonchev–Trinajstić information content (AvgIpc) is 2.84. The van der Waals surface area contributed by atoms with E-state index in [1.165, 1.54) is 0 Å². The smallest absolute Gasteiger partial charge is 0.307 e. The zero-order valence-electron chi connectivity index (χ0n) is 14.4. The number of hydrogen-bond donors (Lipinski definition) is 2. The first-order valence-corrected chi connectivity index (χ1v) is 9.12. The molecule has 4 rings (SSSR count). The van der Waals surface area contributed by atoms with Crippen LogP contribution in [0, 0.1) is 34.5 Å². The van der Waals surface area contributed by atoms with Crippen molar-refractivity contribution in [2.24, 2.45) is 34.5 Å². The highest BCUT2D eigenvalue weighted by Gasteiger charge is 2.62. The van der Waals surface area contributed by atoms with E-state index in [0.29, 0.717) is 18.3 Å². The summed E-state index contributed by atoms with van der Waals surface area (Å²) >= 11 is 0. The number of ketones is 1. The van der Waals surface area contributed by atoms with Gasteiger partial charge in [-0.1, -0.05) is 25.5 Å². The minimum Gasteiger partial charge on any atom is -0.481 e. The topological polar surface area (TPSA) is 74.6 Å². The first kappa shape index (κ1) is 16.1. The van der Waals surface area contributed by atoms with E-state index in [9.17, 15) is 19.8 Å². The Balaban J connectivity index is 1.74. The Morgan fingerprint density at radius 2 is 2.00 bits per heavy atom. The predicted octanol–water partition coefficient (Wildman–Crippen LogP) is 2.97. The van der Waals surface area contributed by atoms with Crippen molar-refractivity contribution in [3.8, 4) is 0 Å².